The maximum Gasteiger partial charge on any atom is 0.0505 e. The van der Waals surface area contributed by atoms with Crippen molar-refractivity contribution in [2.24, 2.45) is 17.6 Å². The molecule has 2 unspecified atom stereocenters. The molecule has 0 aromatic carbocycles. The first-order valence-electron chi connectivity index (χ1n) is 4.75. The summed E-state index contributed by atoms with van der Waals surface area (Å²) in [5, 5.41) is 11.0. The molecule has 14 heavy (non-hydrogen) atoms. The summed E-state index contributed by atoms with van der Waals surface area (Å²) in [6, 6.07) is 0. The fourth-order valence-corrected chi connectivity index (χ4v) is 1.67. The van der Waals surface area contributed by atoms with Gasteiger partial charge in [-0.05, 0) is 12.8 Å². The summed E-state index contributed by atoms with van der Waals surface area (Å²) in [7, 11) is 0. The Morgan fingerprint density at radius 2 is 2.21 bits per heavy atom. The minimum atomic E-state index is -1.11. The lowest BCUT2D eigenvalue weighted by molar-refractivity contribution is -0.311. The van der Waals surface area contributed by atoms with Gasteiger partial charge in [0.15, 0.2) is 0 Å². The van der Waals surface area contributed by atoms with E-state index in [1.807, 2.05) is 26.8 Å². The number of hydrogen-bond donors (Lipinski definition) is 1. The summed E-state index contributed by atoms with van der Waals surface area (Å²) in [4.78, 5) is 11.0. The van der Waals surface area contributed by atoms with Crippen LogP contribution in [-0.4, -0.2) is 11.5 Å². The molecule has 0 fully saturated rings. The van der Waals surface area contributed by atoms with E-state index in [9.17, 15) is 9.90 Å². The van der Waals surface area contributed by atoms with Crippen LogP contribution in [0.2, 0.25) is 0 Å². The molecular weight excluding hydrogens is 178 g/mol. The smallest absolute Gasteiger partial charge is 0.0505 e. The lowest BCUT2D eigenvalue weighted by Crippen LogP contribution is -2.56. The number of nitrogens with two attached hydrogens (primary N) is 1. The van der Waals surface area contributed by atoms with Crippen molar-refractivity contribution in [1.82, 2.24) is 0 Å². The number of allylic oxidation sites excluding steroid dienone is 2. The molecule has 0 heterocycles. The summed E-state index contributed by atoms with van der Waals surface area (Å²) < 4.78 is 0. The van der Waals surface area contributed by atoms with E-state index in [0.29, 0.717) is 0 Å². The lowest BCUT2D eigenvalue weighted by Gasteiger charge is -2.39. The molecule has 3 nitrogen and oxygen atoms in total. The zero-order valence-corrected chi connectivity index (χ0v) is 8.78. The van der Waals surface area contributed by atoms with Gasteiger partial charge in [0.05, 0.1) is 5.97 Å². The maximum absolute atomic E-state index is 11.0. The van der Waals surface area contributed by atoms with Gasteiger partial charge in [0.2, 0.25) is 0 Å². The van der Waals surface area contributed by atoms with E-state index >= 15 is 0 Å². The Labute approximate surface area is 84.3 Å². The molecule has 0 aliphatic heterocycles. The molecule has 1 aliphatic rings. The summed E-state index contributed by atoms with van der Waals surface area (Å²) in [5.74, 6) is -1.77. The number of carboxylic acid groups (broad SMARTS) is 1. The molecule has 78 valence electrons. The van der Waals surface area contributed by atoms with Crippen molar-refractivity contribution in [1.29, 1.82) is 0 Å². The molecule has 2 N–H and O–H groups in total. The molecule has 0 saturated carbocycles. The van der Waals surface area contributed by atoms with Gasteiger partial charge in [-0.2, -0.15) is 0 Å². The molecule has 0 aromatic rings. The van der Waals surface area contributed by atoms with Crippen molar-refractivity contribution >= 4 is 5.97 Å². The number of carbonyl (C=O) groups excluding carboxylic acids is 1. The zero-order valence-electron chi connectivity index (χ0n) is 8.78. The Kier molecular flexibility index (Phi) is 2.81. The predicted molar refractivity (Wildman–Crippen MR) is 53.2 cm³/mol. The van der Waals surface area contributed by atoms with Gasteiger partial charge in [-0.3, -0.25) is 0 Å². The first-order valence-corrected chi connectivity index (χ1v) is 4.75. The number of hydrogen-bond acceptors (Lipinski definition) is 3. The fourth-order valence-electron chi connectivity index (χ4n) is 1.67. The third-order valence-corrected chi connectivity index (χ3v) is 2.86. The summed E-state index contributed by atoms with van der Waals surface area (Å²) >= 11 is 0. The summed E-state index contributed by atoms with van der Waals surface area (Å²) in [6.45, 7) is 5.68. The number of carbonyl (C=O) groups is 1. The third-order valence-electron chi connectivity index (χ3n) is 2.86. The second kappa shape index (κ2) is 3.58. The lowest BCUT2D eigenvalue weighted by atomic mass is 9.72. The molecule has 2 atom stereocenters. The van der Waals surface area contributed by atoms with Crippen LogP contribution < -0.4 is 10.8 Å². The van der Waals surface area contributed by atoms with Gasteiger partial charge >= 0.3 is 0 Å². The van der Waals surface area contributed by atoms with Crippen molar-refractivity contribution in [2.45, 2.75) is 26.3 Å². The van der Waals surface area contributed by atoms with E-state index in [4.69, 9.17) is 5.73 Å². The third kappa shape index (κ3) is 1.73. The van der Waals surface area contributed by atoms with Crippen LogP contribution >= 0.6 is 0 Å². The van der Waals surface area contributed by atoms with E-state index in [-0.39, 0.29) is 5.92 Å². The minimum Gasteiger partial charge on any atom is -0.549 e. The highest BCUT2D eigenvalue weighted by molar-refractivity contribution is 5.73. The Morgan fingerprint density at radius 1 is 1.64 bits per heavy atom. The van der Waals surface area contributed by atoms with Crippen LogP contribution in [0, 0.1) is 11.8 Å². The average Bonchev–Trinajstić information content (AvgIpc) is 2.08. The van der Waals surface area contributed by atoms with Crippen LogP contribution in [0.25, 0.3) is 0 Å². The normalized spacial score (nSPS) is 31.8. The molecule has 3 heteroatoms. The molecule has 0 saturated heterocycles. The highest BCUT2D eigenvalue weighted by Crippen LogP contribution is 2.30. The molecule has 0 bridgehead atoms. The monoisotopic (exact) mass is 194 g/mol. The van der Waals surface area contributed by atoms with Crippen LogP contribution in [0.3, 0.4) is 0 Å². The molecule has 0 radical (unpaired) electrons. The van der Waals surface area contributed by atoms with Crippen LogP contribution in [0.4, 0.5) is 0 Å². The van der Waals surface area contributed by atoms with Gasteiger partial charge in [0, 0.05) is 11.5 Å². The van der Waals surface area contributed by atoms with Crippen molar-refractivity contribution < 1.29 is 9.90 Å². The van der Waals surface area contributed by atoms with Crippen molar-refractivity contribution in [2.75, 3.05) is 0 Å². The van der Waals surface area contributed by atoms with Crippen LogP contribution in [-0.2, 0) is 4.79 Å². The van der Waals surface area contributed by atoms with E-state index in [2.05, 4.69) is 0 Å². The predicted octanol–water partition coefficient (Wildman–Crippen LogP) is 0.222. The van der Waals surface area contributed by atoms with E-state index < -0.39 is 17.4 Å². The minimum absolute atomic E-state index is 0.0611. The van der Waals surface area contributed by atoms with Gasteiger partial charge in [0.25, 0.3) is 0 Å². The van der Waals surface area contributed by atoms with Crippen LogP contribution in [0.5, 0.6) is 0 Å². The molecular formula is C11H16NO2-. The fraction of sp³-hybridized carbons (Fsp3) is 0.545. The van der Waals surface area contributed by atoms with Crippen molar-refractivity contribution in [3.05, 3.63) is 23.8 Å². The molecule has 0 spiro atoms. The van der Waals surface area contributed by atoms with Gasteiger partial charge < -0.3 is 15.6 Å². The zero-order chi connectivity index (χ0) is 10.9. The van der Waals surface area contributed by atoms with Gasteiger partial charge in [0.1, 0.15) is 0 Å². The summed E-state index contributed by atoms with van der Waals surface area (Å²) in [5.41, 5.74) is 6.15. The van der Waals surface area contributed by atoms with Crippen LogP contribution in [0.1, 0.15) is 20.8 Å². The molecule has 1 aliphatic carbocycles. The number of carboxylic acids is 1. The number of rotatable bonds is 2. The topological polar surface area (TPSA) is 66.1 Å². The highest BCUT2D eigenvalue weighted by Gasteiger charge is 2.36. The summed E-state index contributed by atoms with van der Waals surface area (Å²) in [6.07, 6.45) is 5.29. The Hall–Kier alpha value is -1.09. The molecule has 0 amide bonds. The Balaban J connectivity index is 3.09. The van der Waals surface area contributed by atoms with Crippen molar-refractivity contribution in [3.63, 3.8) is 0 Å². The largest absolute Gasteiger partial charge is 0.549 e. The van der Waals surface area contributed by atoms with Gasteiger partial charge in [-0.15, -0.1) is 0 Å². The molecule has 0 aromatic heterocycles. The Bertz CT molecular complexity index is 304. The highest BCUT2D eigenvalue weighted by atomic mass is 16.4. The Morgan fingerprint density at radius 3 is 2.64 bits per heavy atom. The van der Waals surface area contributed by atoms with Gasteiger partial charge in [-0.25, -0.2) is 0 Å². The quantitative estimate of drug-likeness (QED) is 0.684. The van der Waals surface area contributed by atoms with Crippen molar-refractivity contribution in [3.8, 4) is 0 Å². The van der Waals surface area contributed by atoms with E-state index in [1.54, 1.807) is 12.2 Å². The second-order valence-electron chi connectivity index (χ2n) is 4.20. The first kappa shape index (κ1) is 11.0. The average molecular weight is 194 g/mol. The standard InChI is InChI=1S/C11H17NO2/c1-7(2)11(12)5-4-8(3)6-9(11)10(13)14/h4-7,9H,12H2,1-3H3,(H,13,14)/p-1. The second-order valence-corrected chi connectivity index (χ2v) is 4.20. The van der Waals surface area contributed by atoms with E-state index in [0.717, 1.165) is 5.57 Å². The van der Waals surface area contributed by atoms with Gasteiger partial charge in [-0.1, -0.05) is 37.6 Å². The molecule has 1 rings (SSSR count). The maximum atomic E-state index is 11.0. The first-order chi connectivity index (χ1) is 6.38. The number of aliphatic carboxylic acids is 1. The van der Waals surface area contributed by atoms with E-state index in [1.165, 1.54) is 0 Å². The van der Waals surface area contributed by atoms with Crippen LogP contribution in [0.15, 0.2) is 23.8 Å². The SMILES string of the molecule is CC1=CC(C(=O)[O-])C(N)(C(C)C)C=C1.